The molecular formula is C62H79FO13. The molecule has 0 bridgehead atoms. The van der Waals surface area contributed by atoms with Gasteiger partial charge in [-0.2, -0.15) is 0 Å². The van der Waals surface area contributed by atoms with E-state index < -0.39 is 74.9 Å². The van der Waals surface area contributed by atoms with Crippen molar-refractivity contribution in [2.45, 2.75) is 124 Å². The number of aliphatic hydroxyl groups is 2. The average Bonchev–Trinajstić information content (AvgIpc) is 3.41. The Morgan fingerprint density at radius 3 is 1.57 bits per heavy atom. The second-order valence-corrected chi connectivity index (χ2v) is 20.2. The third kappa shape index (κ3) is 18.6. The SMILES string of the molecule is C=C(C)C(=O)OCCCc1cc(-c2ccc(-c3ccc(C4CCC(CCCCC)CC4)cc3F)cc2CC)cc(CCCOC(=O)C(=C)CO)c1OCC(COC(=O)C(=C)C)(COC(=O)C(=C)C)COC(=O)C(=C)CO. The van der Waals surface area contributed by atoms with Crippen LogP contribution in [0.4, 0.5) is 4.39 Å². The summed E-state index contributed by atoms with van der Waals surface area (Å²) in [6.07, 6.45) is 11.2. The quantitative estimate of drug-likeness (QED) is 0.0261. The van der Waals surface area contributed by atoms with Crippen LogP contribution in [0.1, 0.15) is 127 Å². The Kier molecular flexibility index (Phi) is 25.1. The molecule has 2 N–H and O–H groups in total. The molecule has 0 amide bonds. The van der Waals surface area contributed by atoms with Crippen LogP contribution in [0.5, 0.6) is 5.75 Å². The van der Waals surface area contributed by atoms with Crippen molar-refractivity contribution in [2.24, 2.45) is 11.3 Å². The maximum Gasteiger partial charge on any atom is 0.335 e. The Morgan fingerprint density at radius 1 is 0.579 bits per heavy atom. The molecule has 412 valence electrons. The molecular weight excluding hydrogens is 972 g/mol. The molecule has 0 aliphatic heterocycles. The van der Waals surface area contributed by atoms with Crippen molar-refractivity contribution in [1.82, 2.24) is 0 Å². The van der Waals surface area contributed by atoms with E-state index in [4.69, 9.17) is 28.4 Å². The van der Waals surface area contributed by atoms with E-state index in [1.807, 2.05) is 43.3 Å². The molecule has 76 heavy (non-hydrogen) atoms. The number of carbonyl (C=O) groups excluding carboxylic acids is 5. The number of aryl methyl sites for hydroxylation is 3. The fraction of sp³-hybridized carbons (Fsp3) is 0.468. The number of unbranched alkanes of at least 4 members (excludes halogenated alkanes) is 2. The third-order valence-corrected chi connectivity index (χ3v) is 13.6. The van der Waals surface area contributed by atoms with Crippen LogP contribution in [0.2, 0.25) is 0 Å². The molecule has 3 aromatic carbocycles. The Bertz CT molecular complexity index is 2550. The van der Waals surface area contributed by atoms with Crippen LogP contribution in [0.3, 0.4) is 0 Å². The van der Waals surface area contributed by atoms with Crippen LogP contribution < -0.4 is 4.74 Å². The minimum Gasteiger partial charge on any atom is -0.492 e. The molecule has 0 atom stereocenters. The van der Waals surface area contributed by atoms with Gasteiger partial charge in [0.1, 0.15) is 43.4 Å². The van der Waals surface area contributed by atoms with Gasteiger partial charge in [-0.15, -0.1) is 0 Å². The van der Waals surface area contributed by atoms with Crippen LogP contribution in [0.15, 0.2) is 109 Å². The molecule has 0 aromatic heterocycles. The van der Waals surface area contributed by atoms with Crippen LogP contribution >= 0.6 is 0 Å². The van der Waals surface area contributed by atoms with Crippen molar-refractivity contribution < 1.29 is 67.0 Å². The van der Waals surface area contributed by atoms with E-state index in [-0.39, 0.29) is 66.2 Å². The minimum absolute atomic E-state index is 0.0251. The van der Waals surface area contributed by atoms with Crippen LogP contribution in [0, 0.1) is 17.2 Å². The molecule has 1 saturated carbocycles. The predicted molar refractivity (Wildman–Crippen MR) is 292 cm³/mol. The zero-order valence-corrected chi connectivity index (χ0v) is 45.4. The summed E-state index contributed by atoms with van der Waals surface area (Å²) in [6, 6.07) is 15.4. The van der Waals surface area contributed by atoms with Crippen molar-refractivity contribution in [2.75, 3.05) is 52.9 Å². The molecule has 0 spiro atoms. The number of esters is 5. The Balaban J connectivity index is 1.84. The van der Waals surface area contributed by atoms with E-state index in [1.165, 1.54) is 52.4 Å². The van der Waals surface area contributed by atoms with Gasteiger partial charge in [0.25, 0.3) is 0 Å². The molecule has 1 fully saturated rings. The van der Waals surface area contributed by atoms with Gasteiger partial charge in [0.2, 0.25) is 0 Å². The molecule has 0 saturated heterocycles. The van der Waals surface area contributed by atoms with Crippen molar-refractivity contribution >= 4 is 29.8 Å². The highest BCUT2D eigenvalue weighted by atomic mass is 19.1. The van der Waals surface area contributed by atoms with E-state index in [1.54, 1.807) is 13.0 Å². The van der Waals surface area contributed by atoms with E-state index in [2.05, 4.69) is 45.9 Å². The Labute approximate surface area is 448 Å². The number of rotatable bonds is 32. The molecule has 13 nitrogen and oxygen atoms in total. The lowest BCUT2D eigenvalue weighted by Crippen LogP contribution is -2.44. The number of benzene rings is 3. The van der Waals surface area contributed by atoms with Crippen molar-refractivity contribution in [3.8, 4) is 28.0 Å². The lowest BCUT2D eigenvalue weighted by atomic mass is 9.77. The van der Waals surface area contributed by atoms with Crippen LogP contribution in [-0.2, 0) is 66.9 Å². The molecule has 3 aromatic rings. The van der Waals surface area contributed by atoms with E-state index in [0.29, 0.717) is 41.2 Å². The van der Waals surface area contributed by atoms with Crippen molar-refractivity contribution in [1.29, 1.82) is 0 Å². The first-order valence-electron chi connectivity index (χ1n) is 26.4. The standard InChI is InChI=1S/C62H79FO13/c1-11-13-14-17-45-20-22-47(23-21-45)48-24-27-54(55(63)33-48)49-25-26-53(46(12-2)30-49)52-31-50(18-15-28-71-57(66)40(3)4)56(51(32-52)19-16-29-72-60(69)43(9)34-64)73-36-62(37-74-58(67)41(5)6,38-75-59(68)42(7)8)39-76-61(70)44(10)35-65/h24-27,30-33,45,47,64-65H,3,5,7,9-23,28-29,34-39H2,1-2,4,6,8H3. The van der Waals surface area contributed by atoms with Gasteiger partial charge in [-0.3, -0.25) is 0 Å². The number of hydrogen-bond donors (Lipinski definition) is 2. The average molecular weight is 1050 g/mol. The van der Waals surface area contributed by atoms with E-state index in [0.717, 1.165) is 46.6 Å². The Morgan fingerprint density at radius 2 is 1.07 bits per heavy atom. The summed E-state index contributed by atoms with van der Waals surface area (Å²) in [6.45, 7) is 23.6. The monoisotopic (exact) mass is 1050 g/mol. The summed E-state index contributed by atoms with van der Waals surface area (Å²) in [7, 11) is 0. The molecule has 1 aliphatic rings. The number of carbonyl (C=O) groups is 5. The first kappa shape index (κ1) is 61.9. The van der Waals surface area contributed by atoms with Gasteiger partial charge in [-0.05, 0) is 148 Å². The second kappa shape index (κ2) is 30.8. The molecule has 4 rings (SSSR count). The lowest BCUT2D eigenvalue weighted by molar-refractivity contribution is -0.160. The minimum atomic E-state index is -1.59. The zero-order valence-electron chi connectivity index (χ0n) is 45.4. The van der Waals surface area contributed by atoms with Gasteiger partial charge in [0, 0.05) is 22.3 Å². The van der Waals surface area contributed by atoms with E-state index in [9.17, 15) is 34.2 Å². The molecule has 14 heteroatoms. The van der Waals surface area contributed by atoms with Gasteiger partial charge in [-0.1, -0.05) is 103 Å². The van der Waals surface area contributed by atoms with Gasteiger partial charge in [0.15, 0.2) is 0 Å². The topological polar surface area (TPSA) is 181 Å². The van der Waals surface area contributed by atoms with Crippen LogP contribution in [0.25, 0.3) is 22.3 Å². The number of halogens is 1. The van der Waals surface area contributed by atoms with Crippen molar-refractivity contribution in [3.05, 3.63) is 137 Å². The summed E-state index contributed by atoms with van der Waals surface area (Å²) in [4.78, 5) is 63.7. The first-order valence-corrected chi connectivity index (χ1v) is 26.4. The van der Waals surface area contributed by atoms with E-state index >= 15 is 4.39 Å². The second-order valence-electron chi connectivity index (χ2n) is 20.2. The predicted octanol–water partition coefficient (Wildman–Crippen LogP) is 11.3. The van der Waals surface area contributed by atoms with Gasteiger partial charge >= 0.3 is 29.8 Å². The zero-order chi connectivity index (χ0) is 56.0. The maximum atomic E-state index is 16.2. The number of aliphatic hydroxyl groups excluding tert-OH is 2. The summed E-state index contributed by atoms with van der Waals surface area (Å²) >= 11 is 0. The molecule has 0 unspecified atom stereocenters. The highest BCUT2D eigenvalue weighted by Gasteiger charge is 2.38. The highest BCUT2D eigenvalue weighted by molar-refractivity contribution is 5.89. The summed E-state index contributed by atoms with van der Waals surface area (Å²) < 4.78 is 50.8. The highest BCUT2D eigenvalue weighted by Crippen LogP contribution is 2.41. The van der Waals surface area contributed by atoms with Crippen molar-refractivity contribution in [3.63, 3.8) is 0 Å². The Hall–Kier alpha value is -6.64. The summed E-state index contributed by atoms with van der Waals surface area (Å²) in [5.74, 6) is -2.67. The van der Waals surface area contributed by atoms with Gasteiger partial charge in [-0.25, -0.2) is 28.4 Å². The molecule has 0 heterocycles. The van der Waals surface area contributed by atoms with Gasteiger partial charge < -0.3 is 38.6 Å². The van der Waals surface area contributed by atoms with Crippen LogP contribution in [-0.4, -0.2) is 92.9 Å². The number of hydrogen-bond acceptors (Lipinski definition) is 13. The molecule has 0 radical (unpaired) electrons. The first-order chi connectivity index (χ1) is 36.3. The normalized spacial score (nSPS) is 14.2. The number of ether oxygens (including phenoxy) is 6. The smallest absolute Gasteiger partial charge is 0.335 e. The lowest BCUT2D eigenvalue weighted by Gasteiger charge is -2.33. The van der Waals surface area contributed by atoms with Gasteiger partial charge in [0.05, 0.1) is 37.6 Å². The maximum absolute atomic E-state index is 16.2. The fourth-order valence-corrected chi connectivity index (χ4v) is 8.98. The summed E-state index contributed by atoms with van der Waals surface area (Å²) in [5.41, 5.74) is 4.53. The summed E-state index contributed by atoms with van der Waals surface area (Å²) in [5, 5.41) is 19.1. The molecule has 1 aliphatic carbocycles. The third-order valence-electron chi connectivity index (χ3n) is 13.6. The largest absolute Gasteiger partial charge is 0.492 e. The fourth-order valence-electron chi connectivity index (χ4n) is 8.98.